The summed E-state index contributed by atoms with van der Waals surface area (Å²) < 4.78 is 55.0. The van der Waals surface area contributed by atoms with Crippen molar-refractivity contribution < 1.29 is 21.6 Å². The van der Waals surface area contributed by atoms with Gasteiger partial charge in [0.25, 0.3) is 5.91 Å². The smallest absolute Gasteiger partial charge is 0.258 e. The quantitative estimate of drug-likeness (QED) is 0.612. The van der Waals surface area contributed by atoms with Crippen molar-refractivity contribution in [3.8, 4) is 0 Å². The molecule has 10 heteroatoms. The third kappa shape index (κ3) is 4.84. The van der Waals surface area contributed by atoms with E-state index in [1.165, 1.54) is 16.4 Å². The molecule has 33 heavy (non-hydrogen) atoms. The minimum atomic E-state index is -3.67. The molecule has 1 fully saturated rings. The fraction of sp³-hybridized carbons (Fsp3) is 0.435. The molecule has 0 saturated heterocycles. The molecule has 8 nitrogen and oxygen atoms in total. The summed E-state index contributed by atoms with van der Waals surface area (Å²) in [5, 5.41) is 0. The molecule has 1 heterocycles. The van der Waals surface area contributed by atoms with E-state index < -0.39 is 20.0 Å². The molecule has 1 amide bonds. The first kappa shape index (κ1) is 23.9. The Kier molecular flexibility index (Phi) is 6.63. The molecule has 2 aliphatic rings. The van der Waals surface area contributed by atoms with Crippen LogP contribution in [0.1, 0.15) is 49.0 Å². The summed E-state index contributed by atoms with van der Waals surface area (Å²) >= 11 is 0. The SMILES string of the molecule is CCN(CC)S(=O)(=O)c1ccc2c(c1)CCCN2C(=O)c1cccc(S(=O)(=O)NC2CC2)c1. The number of hydrogen-bond donors (Lipinski definition) is 1. The summed E-state index contributed by atoms with van der Waals surface area (Å²) in [4.78, 5) is 15.2. The van der Waals surface area contributed by atoms with Crippen LogP contribution in [0.5, 0.6) is 0 Å². The third-order valence-electron chi connectivity index (χ3n) is 6.05. The third-order valence-corrected chi connectivity index (χ3v) is 9.61. The zero-order valence-corrected chi connectivity index (χ0v) is 20.5. The summed E-state index contributed by atoms with van der Waals surface area (Å²) in [6, 6.07) is 10.9. The van der Waals surface area contributed by atoms with E-state index in [4.69, 9.17) is 0 Å². The van der Waals surface area contributed by atoms with Crippen molar-refractivity contribution >= 4 is 31.6 Å². The molecule has 2 aromatic rings. The van der Waals surface area contributed by atoms with Gasteiger partial charge in [0.2, 0.25) is 20.0 Å². The van der Waals surface area contributed by atoms with E-state index in [1.807, 2.05) is 0 Å². The van der Waals surface area contributed by atoms with Gasteiger partial charge < -0.3 is 4.90 Å². The molecule has 0 radical (unpaired) electrons. The average Bonchev–Trinajstić information content (AvgIpc) is 3.62. The van der Waals surface area contributed by atoms with Gasteiger partial charge >= 0.3 is 0 Å². The number of sulfonamides is 2. The maximum absolute atomic E-state index is 13.3. The molecular weight excluding hydrogens is 462 g/mol. The van der Waals surface area contributed by atoms with Gasteiger partial charge in [-0.3, -0.25) is 4.79 Å². The van der Waals surface area contributed by atoms with Crippen LogP contribution in [0.25, 0.3) is 0 Å². The monoisotopic (exact) mass is 491 g/mol. The predicted molar refractivity (Wildman–Crippen MR) is 126 cm³/mol. The highest BCUT2D eigenvalue weighted by Crippen LogP contribution is 2.32. The molecule has 2 aromatic carbocycles. The van der Waals surface area contributed by atoms with Crippen LogP contribution < -0.4 is 9.62 Å². The summed E-state index contributed by atoms with van der Waals surface area (Å²) in [6.45, 7) is 4.85. The summed E-state index contributed by atoms with van der Waals surface area (Å²) in [6.07, 6.45) is 3.01. The van der Waals surface area contributed by atoms with Gasteiger partial charge in [-0.2, -0.15) is 4.31 Å². The predicted octanol–water partition coefficient (Wildman–Crippen LogP) is 2.75. The molecule has 1 N–H and O–H groups in total. The first-order valence-electron chi connectivity index (χ1n) is 11.2. The van der Waals surface area contributed by atoms with Gasteiger partial charge in [0, 0.05) is 36.9 Å². The number of nitrogens with zero attached hydrogens (tertiary/aromatic N) is 2. The number of fused-ring (bicyclic) bond motifs is 1. The zero-order chi connectivity index (χ0) is 23.8. The number of nitrogens with one attached hydrogen (secondary N) is 1. The van der Waals surface area contributed by atoms with Crippen LogP contribution in [0.2, 0.25) is 0 Å². The fourth-order valence-corrected chi connectivity index (χ4v) is 6.96. The van der Waals surface area contributed by atoms with Crippen molar-refractivity contribution in [1.29, 1.82) is 0 Å². The van der Waals surface area contributed by atoms with Crippen molar-refractivity contribution in [3.63, 3.8) is 0 Å². The second-order valence-electron chi connectivity index (χ2n) is 8.36. The van der Waals surface area contributed by atoms with Crippen molar-refractivity contribution in [1.82, 2.24) is 9.03 Å². The van der Waals surface area contributed by atoms with Crippen LogP contribution in [0.15, 0.2) is 52.3 Å². The first-order valence-corrected chi connectivity index (χ1v) is 14.2. The number of hydrogen-bond acceptors (Lipinski definition) is 5. The van der Waals surface area contributed by atoms with E-state index in [9.17, 15) is 21.6 Å². The highest BCUT2D eigenvalue weighted by molar-refractivity contribution is 7.89. The van der Waals surface area contributed by atoms with Crippen LogP contribution in [0.3, 0.4) is 0 Å². The maximum Gasteiger partial charge on any atom is 0.258 e. The molecule has 1 aliphatic carbocycles. The van der Waals surface area contributed by atoms with Crippen molar-refractivity contribution in [2.45, 2.75) is 55.4 Å². The summed E-state index contributed by atoms with van der Waals surface area (Å²) in [5.74, 6) is -0.307. The zero-order valence-electron chi connectivity index (χ0n) is 18.8. The lowest BCUT2D eigenvalue weighted by atomic mass is 10.0. The Balaban J connectivity index is 1.63. The number of carbonyl (C=O) groups excluding carboxylic acids is 1. The van der Waals surface area contributed by atoms with Gasteiger partial charge in [-0.05, 0) is 67.6 Å². The van der Waals surface area contributed by atoms with Crippen molar-refractivity contribution in [2.24, 2.45) is 0 Å². The lowest BCUT2D eigenvalue weighted by molar-refractivity contribution is 0.0985. The Morgan fingerprint density at radius 2 is 1.76 bits per heavy atom. The molecule has 0 spiro atoms. The highest BCUT2D eigenvalue weighted by Gasteiger charge is 2.30. The molecule has 0 aromatic heterocycles. The minimum Gasteiger partial charge on any atom is -0.308 e. The standard InChI is InChI=1S/C23H29N3O5S2/c1-3-25(4-2)33(30,31)21-12-13-22-17(15-21)8-6-14-26(22)23(27)18-7-5-9-20(16-18)32(28,29)24-19-10-11-19/h5,7,9,12-13,15-16,19,24H,3-4,6,8,10-11,14H2,1-2H3. The molecular formula is C23H29N3O5S2. The lowest BCUT2D eigenvalue weighted by Gasteiger charge is -2.30. The number of amides is 1. The molecule has 4 rings (SSSR count). The Morgan fingerprint density at radius 1 is 1.03 bits per heavy atom. The highest BCUT2D eigenvalue weighted by atomic mass is 32.2. The second-order valence-corrected chi connectivity index (χ2v) is 12.0. The Morgan fingerprint density at radius 3 is 2.42 bits per heavy atom. The average molecular weight is 492 g/mol. The molecule has 0 atom stereocenters. The van der Waals surface area contributed by atoms with Crippen molar-refractivity contribution in [2.75, 3.05) is 24.5 Å². The maximum atomic E-state index is 13.3. The summed E-state index contributed by atoms with van der Waals surface area (Å²) in [7, 11) is -7.27. The van der Waals surface area contributed by atoms with Gasteiger partial charge in [-0.15, -0.1) is 0 Å². The molecule has 0 unspecified atom stereocenters. The van der Waals surface area contributed by atoms with Gasteiger partial charge in [-0.1, -0.05) is 19.9 Å². The van der Waals surface area contributed by atoms with Gasteiger partial charge in [0.15, 0.2) is 0 Å². The van der Waals surface area contributed by atoms with E-state index in [-0.39, 0.29) is 27.3 Å². The number of anilines is 1. The number of rotatable bonds is 8. The number of carbonyl (C=O) groups is 1. The van der Waals surface area contributed by atoms with Gasteiger partial charge in [0.05, 0.1) is 9.79 Å². The molecule has 0 bridgehead atoms. The number of benzene rings is 2. The van der Waals surface area contributed by atoms with E-state index in [0.717, 1.165) is 18.4 Å². The van der Waals surface area contributed by atoms with E-state index >= 15 is 0 Å². The minimum absolute atomic E-state index is 0.0230. The van der Waals surface area contributed by atoms with E-state index in [2.05, 4.69) is 4.72 Å². The molecule has 178 valence electrons. The Labute approximate surface area is 195 Å². The van der Waals surface area contributed by atoms with Gasteiger partial charge in [-0.25, -0.2) is 21.6 Å². The van der Waals surface area contributed by atoms with Crippen LogP contribution in [0.4, 0.5) is 5.69 Å². The fourth-order valence-electron chi connectivity index (χ4n) is 4.10. The van der Waals surface area contributed by atoms with E-state index in [1.54, 1.807) is 49.1 Å². The second kappa shape index (κ2) is 9.17. The lowest BCUT2D eigenvalue weighted by Crippen LogP contribution is -2.36. The van der Waals surface area contributed by atoms with Crippen LogP contribution >= 0.6 is 0 Å². The van der Waals surface area contributed by atoms with Gasteiger partial charge in [0.1, 0.15) is 0 Å². The summed E-state index contributed by atoms with van der Waals surface area (Å²) in [5.41, 5.74) is 1.73. The largest absolute Gasteiger partial charge is 0.308 e. The van der Waals surface area contributed by atoms with Crippen LogP contribution in [-0.2, 0) is 26.5 Å². The topological polar surface area (TPSA) is 104 Å². The Hall–Kier alpha value is -2.27. The van der Waals surface area contributed by atoms with E-state index in [0.29, 0.717) is 38.2 Å². The molecule has 1 aliphatic heterocycles. The molecule has 1 saturated carbocycles. The first-order chi connectivity index (χ1) is 15.7. The van der Waals surface area contributed by atoms with Crippen LogP contribution in [0, 0.1) is 0 Å². The van der Waals surface area contributed by atoms with Crippen molar-refractivity contribution in [3.05, 3.63) is 53.6 Å². The number of aryl methyl sites for hydroxylation is 1. The normalized spacial score (nSPS) is 16.6. The van der Waals surface area contributed by atoms with Crippen LogP contribution in [-0.4, -0.2) is 52.7 Å². The Bertz CT molecular complexity index is 1270.